The first kappa shape index (κ1) is 17.6. The van der Waals surface area contributed by atoms with E-state index >= 15 is 0 Å². The predicted octanol–water partition coefficient (Wildman–Crippen LogP) is 3.23. The van der Waals surface area contributed by atoms with E-state index in [1.54, 1.807) is 18.1 Å². The quantitative estimate of drug-likeness (QED) is 0.811. The van der Waals surface area contributed by atoms with Crippen molar-refractivity contribution in [1.82, 2.24) is 9.97 Å². The van der Waals surface area contributed by atoms with Crippen LogP contribution in [0.1, 0.15) is 37.7 Å². The van der Waals surface area contributed by atoms with Crippen LogP contribution in [-0.2, 0) is 4.79 Å². The molecule has 142 valence electrons. The molecule has 2 aromatic rings. The molecule has 0 spiro atoms. The lowest BCUT2D eigenvalue weighted by Gasteiger charge is -2.30. The van der Waals surface area contributed by atoms with Crippen molar-refractivity contribution in [1.29, 1.82) is 0 Å². The van der Waals surface area contributed by atoms with E-state index in [0.29, 0.717) is 25.0 Å². The lowest BCUT2D eigenvalue weighted by molar-refractivity contribution is -0.118. The highest BCUT2D eigenvalue weighted by Crippen LogP contribution is 2.36. The van der Waals surface area contributed by atoms with Gasteiger partial charge >= 0.3 is 0 Å². The summed E-state index contributed by atoms with van der Waals surface area (Å²) in [5.41, 5.74) is 9.35. The Labute approximate surface area is 159 Å². The first-order valence-electron chi connectivity index (χ1n) is 9.56. The molecule has 2 aliphatic rings. The van der Waals surface area contributed by atoms with Crippen LogP contribution in [0, 0.1) is 6.92 Å². The van der Waals surface area contributed by atoms with Crippen molar-refractivity contribution in [2.24, 2.45) is 0 Å². The van der Waals surface area contributed by atoms with E-state index in [0.717, 1.165) is 41.3 Å². The van der Waals surface area contributed by atoms with Gasteiger partial charge in [-0.2, -0.15) is 4.98 Å². The largest absolute Gasteiger partial charge is 0.399 e. The number of carbonyl (C=O) groups is 1. The Morgan fingerprint density at radius 2 is 2.04 bits per heavy atom. The van der Waals surface area contributed by atoms with Gasteiger partial charge in [-0.3, -0.25) is 4.79 Å². The van der Waals surface area contributed by atoms with E-state index < -0.39 is 0 Å². The van der Waals surface area contributed by atoms with Crippen LogP contribution >= 0.6 is 0 Å². The van der Waals surface area contributed by atoms with Crippen molar-refractivity contribution < 1.29 is 4.79 Å². The van der Waals surface area contributed by atoms with Crippen molar-refractivity contribution >= 4 is 34.7 Å². The van der Waals surface area contributed by atoms with Gasteiger partial charge in [-0.1, -0.05) is 12.8 Å². The first-order chi connectivity index (χ1) is 13.0. The molecule has 1 fully saturated rings. The van der Waals surface area contributed by atoms with Crippen LogP contribution in [0.25, 0.3) is 0 Å². The maximum atomic E-state index is 12.4. The van der Waals surface area contributed by atoms with E-state index in [9.17, 15) is 4.79 Å². The van der Waals surface area contributed by atoms with Crippen molar-refractivity contribution in [3.63, 3.8) is 0 Å². The lowest BCUT2D eigenvalue weighted by Crippen LogP contribution is -2.34. The number of benzene rings is 1. The summed E-state index contributed by atoms with van der Waals surface area (Å²) in [6, 6.07) is 6.22. The highest BCUT2D eigenvalue weighted by Gasteiger charge is 2.31. The Kier molecular flexibility index (Phi) is 4.59. The minimum Gasteiger partial charge on any atom is -0.399 e. The number of aryl methyl sites for hydroxylation is 1. The van der Waals surface area contributed by atoms with E-state index in [1.807, 2.05) is 25.1 Å². The number of hydrogen-bond acceptors (Lipinski definition) is 6. The molecule has 0 radical (unpaired) electrons. The summed E-state index contributed by atoms with van der Waals surface area (Å²) >= 11 is 0. The van der Waals surface area contributed by atoms with Gasteiger partial charge in [0.05, 0.1) is 6.20 Å². The second-order valence-electron chi connectivity index (χ2n) is 7.43. The van der Waals surface area contributed by atoms with Crippen LogP contribution in [0.4, 0.5) is 28.8 Å². The Morgan fingerprint density at radius 3 is 2.78 bits per heavy atom. The zero-order chi connectivity index (χ0) is 19.0. The molecule has 3 N–H and O–H groups in total. The monoisotopic (exact) mass is 366 g/mol. The van der Waals surface area contributed by atoms with E-state index in [2.05, 4.69) is 15.2 Å². The zero-order valence-corrected chi connectivity index (χ0v) is 15.9. The number of anilines is 5. The number of nitrogen functional groups attached to an aromatic ring is 1. The molecule has 1 saturated carbocycles. The molecular weight excluding hydrogens is 340 g/mol. The smallest absolute Gasteiger partial charge is 0.229 e. The van der Waals surface area contributed by atoms with Gasteiger partial charge in [-0.25, -0.2) is 4.98 Å². The molecule has 7 nitrogen and oxygen atoms in total. The normalized spacial score (nSPS) is 17.8. The molecule has 1 aliphatic heterocycles. The molecule has 1 aromatic carbocycles. The Balaban J connectivity index is 1.69. The highest BCUT2D eigenvalue weighted by atomic mass is 16.2. The Bertz CT molecular complexity index is 862. The van der Waals surface area contributed by atoms with E-state index in [1.165, 1.54) is 12.8 Å². The fourth-order valence-electron chi connectivity index (χ4n) is 3.95. The third-order valence-electron chi connectivity index (χ3n) is 5.62. The van der Waals surface area contributed by atoms with Crippen LogP contribution in [0.15, 0.2) is 24.4 Å². The molecule has 0 bridgehead atoms. The molecule has 0 saturated heterocycles. The molecule has 4 rings (SSSR count). The van der Waals surface area contributed by atoms with Crippen LogP contribution in [0.2, 0.25) is 0 Å². The number of amides is 1. The first-order valence-corrected chi connectivity index (χ1v) is 9.56. The third-order valence-corrected chi connectivity index (χ3v) is 5.62. The van der Waals surface area contributed by atoms with Gasteiger partial charge in [-0.15, -0.1) is 0 Å². The number of carbonyl (C=O) groups excluding carboxylic acids is 1. The van der Waals surface area contributed by atoms with Crippen LogP contribution in [-0.4, -0.2) is 35.5 Å². The van der Waals surface area contributed by atoms with E-state index in [4.69, 9.17) is 10.7 Å². The SMILES string of the molecule is Cc1cc(Nc2ncc3c(n2)N(C2CCCC2)CCC(=O)N3C)ccc1N. The number of fused-ring (bicyclic) bond motifs is 1. The standard InChI is InChI=1S/C20H26N6O/c1-13-11-14(7-8-16(13)21)23-20-22-12-17-19(24-20)26(15-5-3-4-6-15)10-9-18(27)25(17)2/h7-8,11-12,15H,3-6,9-10,21H2,1-2H3,(H,22,23,24). The molecule has 1 amide bonds. The summed E-state index contributed by atoms with van der Waals surface area (Å²) in [7, 11) is 1.80. The van der Waals surface area contributed by atoms with Gasteiger partial charge in [-0.05, 0) is 43.5 Å². The van der Waals surface area contributed by atoms with E-state index in [-0.39, 0.29) is 5.91 Å². The molecular formula is C20H26N6O. The molecule has 1 aliphatic carbocycles. The summed E-state index contributed by atoms with van der Waals surface area (Å²) < 4.78 is 0. The molecule has 7 heteroatoms. The third kappa shape index (κ3) is 3.41. The number of aromatic nitrogens is 2. The van der Waals surface area contributed by atoms with Gasteiger partial charge in [0.25, 0.3) is 0 Å². The van der Waals surface area contributed by atoms with Gasteiger partial charge in [0.2, 0.25) is 11.9 Å². The van der Waals surface area contributed by atoms with Crippen LogP contribution in [0.3, 0.4) is 0 Å². The predicted molar refractivity (Wildman–Crippen MR) is 109 cm³/mol. The fraction of sp³-hybridized carbons (Fsp3) is 0.450. The average molecular weight is 366 g/mol. The second kappa shape index (κ2) is 7.06. The van der Waals surface area contributed by atoms with Gasteiger partial charge in [0.15, 0.2) is 5.82 Å². The summed E-state index contributed by atoms with van der Waals surface area (Å²) in [6.45, 7) is 2.68. The summed E-state index contributed by atoms with van der Waals surface area (Å²) in [4.78, 5) is 25.7. The van der Waals surface area contributed by atoms with Gasteiger partial charge < -0.3 is 20.9 Å². The van der Waals surface area contributed by atoms with Crippen molar-refractivity contribution in [3.8, 4) is 0 Å². The molecule has 0 atom stereocenters. The van der Waals surface area contributed by atoms with Crippen molar-refractivity contribution in [3.05, 3.63) is 30.0 Å². The zero-order valence-electron chi connectivity index (χ0n) is 15.9. The molecule has 1 aromatic heterocycles. The molecule has 2 heterocycles. The topological polar surface area (TPSA) is 87.4 Å². The maximum Gasteiger partial charge on any atom is 0.229 e. The summed E-state index contributed by atoms with van der Waals surface area (Å²) in [5.74, 6) is 1.48. The fourth-order valence-corrected chi connectivity index (χ4v) is 3.95. The number of nitrogens with one attached hydrogen (secondary N) is 1. The number of hydrogen-bond donors (Lipinski definition) is 2. The lowest BCUT2D eigenvalue weighted by atomic mass is 10.2. The Morgan fingerprint density at radius 1 is 1.26 bits per heavy atom. The van der Waals surface area contributed by atoms with Crippen molar-refractivity contribution in [2.45, 2.75) is 45.1 Å². The van der Waals surface area contributed by atoms with Crippen LogP contribution < -0.4 is 20.9 Å². The molecule has 0 unspecified atom stereocenters. The second-order valence-corrected chi connectivity index (χ2v) is 7.43. The Hall–Kier alpha value is -2.83. The number of nitrogens with zero attached hydrogens (tertiary/aromatic N) is 4. The maximum absolute atomic E-state index is 12.4. The highest BCUT2D eigenvalue weighted by molar-refractivity contribution is 5.97. The number of nitrogens with two attached hydrogens (primary N) is 1. The summed E-state index contributed by atoms with van der Waals surface area (Å²) in [5, 5.41) is 3.27. The van der Waals surface area contributed by atoms with Gasteiger partial charge in [0.1, 0.15) is 5.69 Å². The number of rotatable bonds is 3. The minimum absolute atomic E-state index is 0.107. The molecule has 27 heavy (non-hydrogen) atoms. The average Bonchev–Trinajstić information content (AvgIpc) is 3.15. The van der Waals surface area contributed by atoms with Gasteiger partial charge in [0, 0.05) is 37.4 Å². The van der Waals surface area contributed by atoms with Crippen LogP contribution in [0.5, 0.6) is 0 Å². The van der Waals surface area contributed by atoms with Crippen molar-refractivity contribution in [2.75, 3.05) is 34.4 Å². The summed E-state index contributed by atoms with van der Waals surface area (Å²) in [6.07, 6.45) is 7.04. The minimum atomic E-state index is 0.107.